The van der Waals surface area contributed by atoms with E-state index < -0.39 is 11.9 Å². The van der Waals surface area contributed by atoms with Crippen molar-refractivity contribution in [3.63, 3.8) is 0 Å². The van der Waals surface area contributed by atoms with E-state index >= 15 is 0 Å². The Bertz CT molecular complexity index is 563. The lowest BCUT2D eigenvalue weighted by Crippen LogP contribution is -2.54. The van der Waals surface area contributed by atoms with Gasteiger partial charge in [-0.05, 0) is 12.1 Å². The molecule has 1 saturated heterocycles. The monoisotopic (exact) mass is 258 g/mol. The number of rotatable bonds is 2. The Morgan fingerprint density at radius 1 is 1.21 bits per heavy atom. The largest absolute Gasteiger partial charge is 0.383 e. The maximum absolute atomic E-state index is 11.9. The van der Waals surface area contributed by atoms with Gasteiger partial charge in [0.25, 0.3) is 5.91 Å². The molecule has 2 N–H and O–H groups in total. The smallest absolute Gasteiger partial charge is 0.334 e. The quantitative estimate of drug-likeness (QED) is 0.782. The summed E-state index contributed by atoms with van der Waals surface area (Å²) in [6.45, 7) is 0. The molecule has 6 nitrogen and oxygen atoms in total. The third-order valence-corrected chi connectivity index (χ3v) is 2.55. The number of anilines is 1. The zero-order valence-electron chi connectivity index (χ0n) is 10.7. The molecule has 1 heterocycles. The minimum Gasteiger partial charge on any atom is -0.383 e. The van der Waals surface area contributed by atoms with Crippen LogP contribution in [0.1, 0.15) is 0 Å². The molecule has 0 radical (unpaired) electrons. The van der Waals surface area contributed by atoms with E-state index in [2.05, 4.69) is 5.32 Å². The number of amides is 3. The van der Waals surface area contributed by atoms with Crippen LogP contribution >= 0.6 is 0 Å². The maximum Gasteiger partial charge on any atom is 0.334 e. The number of hydrogen-bond acceptors (Lipinski definition) is 4. The molecule has 0 bridgehead atoms. The zero-order valence-corrected chi connectivity index (χ0v) is 10.7. The number of amidine groups is 1. The fourth-order valence-electron chi connectivity index (χ4n) is 1.75. The predicted molar refractivity (Wildman–Crippen MR) is 72.0 cm³/mol. The van der Waals surface area contributed by atoms with Crippen LogP contribution in [-0.2, 0) is 4.79 Å². The third-order valence-electron chi connectivity index (χ3n) is 2.55. The first-order valence-electron chi connectivity index (χ1n) is 5.68. The van der Waals surface area contributed by atoms with Gasteiger partial charge in [0.2, 0.25) is 0 Å². The summed E-state index contributed by atoms with van der Waals surface area (Å²) in [5.41, 5.74) is 0.690. The lowest BCUT2D eigenvalue weighted by molar-refractivity contribution is -0.116. The van der Waals surface area contributed by atoms with E-state index in [1.807, 2.05) is 6.07 Å². The van der Waals surface area contributed by atoms with Crippen LogP contribution in [0.3, 0.4) is 0 Å². The lowest BCUT2D eigenvalue weighted by atomic mass is 10.1. The molecular formula is C13H14N4O2. The zero-order chi connectivity index (χ0) is 14.0. The average molecular weight is 258 g/mol. The number of nitrogens with zero attached hydrogens (tertiary/aromatic N) is 2. The van der Waals surface area contributed by atoms with Crippen molar-refractivity contribution in [2.75, 3.05) is 19.0 Å². The van der Waals surface area contributed by atoms with Crippen molar-refractivity contribution in [2.24, 2.45) is 0 Å². The molecule has 19 heavy (non-hydrogen) atoms. The summed E-state index contributed by atoms with van der Waals surface area (Å²) in [5, 5.41) is 10.3. The van der Waals surface area contributed by atoms with Crippen LogP contribution < -0.4 is 10.2 Å². The summed E-state index contributed by atoms with van der Waals surface area (Å²) in [7, 11) is 3.49. The van der Waals surface area contributed by atoms with E-state index in [1.54, 1.807) is 43.3 Å². The number of benzene rings is 1. The van der Waals surface area contributed by atoms with Crippen molar-refractivity contribution in [3.05, 3.63) is 42.1 Å². The summed E-state index contributed by atoms with van der Waals surface area (Å²) >= 11 is 0. The van der Waals surface area contributed by atoms with Gasteiger partial charge in [-0.25, -0.2) is 9.69 Å². The fraction of sp³-hybridized carbons (Fsp3) is 0.154. The second-order valence-electron chi connectivity index (χ2n) is 4.29. The van der Waals surface area contributed by atoms with E-state index in [4.69, 9.17) is 5.41 Å². The standard InChI is InChI=1S/C13H14N4O2/c1-16(2)8-10-11(14)17(13(19)15-12(10)18)9-6-4-3-5-7-9/h3-8,14H,1-2H3,(H,15,18,19)/b10-8+,14-11?. The summed E-state index contributed by atoms with van der Waals surface area (Å²) < 4.78 is 0. The van der Waals surface area contributed by atoms with Gasteiger partial charge >= 0.3 is 6.03 Å². The van der Waals surface area contributed by atoms with Crippen LogP contribution in [0.2, 0.25) is 0 Å². The SMILES string of the molecule is CN(C)/C=C1\C(=N)N(c2ccccc2)C(=O)NC1=O. The van der Waals surface area contributed by atoms with Crippen LogP contribution in [0, 0.1) is 5.41 Å². The Morgan fingerprint density at radius 3 is 2.42 bits per heavy atom. The van der Waals surface area contributed by atoms with E-state index in [9.17, 15) is 9.59 Å². The van der Waals surface area contributed by atoms with Gasteiger partial charge in [-0.15, -0.1) is 0 Å². The van der Waals surface area contributed by atoms with Crippen molar-refractivity contribution in [3.8, 4) is 0 Å². The highest BCUT2D eigenvalue weighted by molar-refractivity contribution is 6.38. The highest BCUT2D eigenvalue weighted by atomic mass is 16.2. The van der Waals surface area contributed by atoms with E-state index in [0.717, 1.165) is 4.90 Å². The van der Waals surface area contributed by atoms with Gasteiger partial charge in [0.05, 0.1) is 11.3 Å². The van der Waals surface area contributed by atoms with Gasteiger partial charge in [0.15, 0.2) is 0 Å². The van der Waals surface area contributed by atoms with Crippen molar-refractivity contribution < 1.29 is 9.59 Å². The molecule has 0 atom stereocenters. The van der Waals surface area contributed by atoms with Crippen LogP contribution in [0.25, 0.3) is 0 Å². The molecule has 1 fully saturated rings. The van der Waals surface area contributed by atoms with Crippen molar-refractivity contribution in [2.45, 2.75) is 0 Å². The number of para-hydroxylation sites is 1. The molecular weight excluding hydrogens is 244 g/mol. The highest BCUT2D eigenvalue weighted by Crippen LogP contribution is 2.20. The maximum atomic E-state index is 11.9. The van der Waals surface area contributed by atoms with Crippen molar-refractivity contribution in [1.82, 2.24) is 10.2 Å². The molecule has 0 aliphatic carbocycles. The topological polar surface area (TPSA) is 76.5 Å². The van der Waals surface area contributed by atoms with Crippen LogP contribution in [0.4, 0.5) is 10.5 Å². The molecule has 2 rings (SSSR count). The average Bonchev–Trinajstić information content (AvgIpc) is 2.35. The van der Waals surface area contributed by atoms with E-state index in [-0.39, 0.29) is 11.4 Å². The molecule has 98 valence electrons. The van der Waals surface area contributed by atoms with E-state index in [1.165, 1.54) is 6.20 Å². The van der Waals surface area contributed by atoms with Gasteiger partial charge in [-0.2, -0.15) is 0 Å². The highest BCUT2D eigenvalue weighted by Gasteiger charge is 2.33. The number of nitrogens with one attached hydrogen (secondary N) is 2. The van der Waals surface area contributed by atoms with Gasteiger partial charge in [0.1, 0.15) is 5.84 Å². The Kier molecular flexibility index (Phi) is 3.33. The molecule has 1 aromatic rings. The summed E-state index contributed by atoms with van der Waals surface area (Å²) in [4.78, 5) is 26.4. The molecule has 1 aliphatic heterocycles. The summed E-state index contributed by atoms with van der Waals surface area (Å²) in [5.74, 6) is -0.690. The first-order valence-corrected chi connectivity index (χ1v) is 5.68. The fourth-order valence-corrected chi connectivity index (χ4v) is 1.75. The number of hydrogen-bond donors (Lipinski definition) is 2. The first kappa shape index (κ1) is 12.8. The van der Waals surface area contributed by atoms with Crippen molar-refractivity contribution in [1.29, 1.82) is 5.41 Å². The summed E-state index contributed by atoms with van der Waals surface area (Å²) in [6.07, 6.45) is 1.51. The minimum absolute atomic E-state index is 0.131. The number of urea groups is 1. The third kappa shape index (κ3) is 2.47. The minimum atomic E-state index is -0.614. The lowest BCUT2D eigenvalue weighted by Gasteiger charge is -2.29. The molecule has 0 unspecified atom stereocenters. The molecule has 0 spiro atoms. The van der Waals surface area contributed by atoms with Crippen LogP contribution in [0.15, 0.2) is 42.1 Å². The number of imide groups is 1. The van der Waals surface area contributed by atoms with Gasteiger partial charge < -0.3 is 4.90 Å². The Hall–Kier alpha value is -2.63. The molecule has 0 aromatic heterocycles. The second kappa shape index (κ2) is 4.93. The van der Waals surface area contributed by atoms with Crippen molar-refractivity contribution >= 4 is 23.5 Å². The number of carbonyl (C=O) groups excluding carboxylic acids is 2. The Morgan fingerprint density at radius 2 is 1.84 bits per heavy atom. The molecule has 1 aliphatic rings. The molecule has 1 aromatic carbocycles. The van der Waals surface area contributed by atoms with Crippen LogP contribution in [0.5, 0.6) is 0 Å². The normalized spacial score (nSPS) is 17.7. The second-order valence-corrected chi connectivity index (χ2v) is 4.29. The first-order chi connectivity index (χ1) is 9.00. The number of carbonyl (C=O) groups is 2. The predicted octanol–water partition coefficient (Wildman–Crippen LogP) is 1.17. The Balaban J connectivity index is 2.42. The summed E-state index contributed by atoms with van der Waals surface area (Å²) in [6, 6.07) is 8.14. The van der Waals surface area contributed by atoms with Gasteiger partial charge in [-0.3, -0.25) is 15.5 Å². The van der Waals surface area contributed by atoms with Gasteiger partial charge in [0, 0.05) is 20.3 Å². The van der Waals surface area contributed by atoms with Crippen LogP contribution in [-0.4, -0.2) is 36.8 Å². The molecule has 0 saturated carbocycles. The molecule has 3 amide bonds. The van der Waals surface area contributed by atoms with E-state index in [0.29, 0.717) is 5.69 Å². The Labute approximate surface area is 110 Å². The van der Waals surface area contributed by atoms with Gasteiger partial charge in [-0.1, -0.05) is 18.2 Å². The molecule has 6 heteroatoms.